The molecule has 2 atom stereocenters. The molecule has 0 radical (unpaired) electrons. The zero-order valence-electron chi connectivity index (χ0n) is 35.9. The number of nitrogens with one attached hydrogen (secondary N) is 3. The fourth-order valence-corrected chi connectivity index (χ4v) is 10.0. The SMILES string of the molecule is Cc1c(C)c(S(=O)(=O)N(Cc2ccc(C(N)C(=O)c3ccccc3)cc2)C(=O)[C@@H](CCCNC(=N)N)NC(=O)C(c2ccccc2)c2ccccc2)c(C)c2c1OC(C)(C)CC2. The number of ketones is 1. The number of carbonyl (C=O) groups excluding carboxylic acids is 3. The molecule has 5 aromatic rings. The van der Waals surface area contributed by atoms with Crippen LogP contribution < -0.4 is 26.8 Å². The highest BCUT2D eigenvalue weighted by Crippen LogP contribution is 2.43. The summed E-state index contributed by atoms with van der Waals surface area (Å²) in [7, 11) is -4.64. The molecule has 0 aromatic heterocycles. The fraction of sp³-hybridized carbons (Fsp3) is 0.306. The Morgan fingerprint density at radius 3 is 1.94 bits per heavy atom. The second-order valence-electron chi connectivity index (χ2n) is 16.5. The molecular formula is C49H56N6O6S. The number of Topliss-reactive ketones (excluding diaryl/α,β-unsaturated/α-hetero) is 1. The zero-order chi connectivity index (χ0) is 44.8. The maximum atomic E-state index is 15.4. The van der Waals surface area contributed by atoms with Gasteiger partial charge in [-0.15, -0.1) is 0 Å². The highest BCUT2D eigenvalue weighted by molar-refractivity contribution is 7.89. The summed E-state index contributed by atoms with van der Waals surface area (Å²) in [4.78, 5) is 43.1. The Hall–Kier alpha value is -6.31. The van der Waals surface area contributed by atoms with Crippen molar-refractivity contribution in [3.8, 4) is 5.75 Å². The number of rotatable bonds is 16. The van der Waals surface area contributed by atoms with Gasteiger partial charge >= 0.3 is 0 Å². The first kappa shape index (κ1) is 45.2. The van der Waals surface area contributed by atoms with Gasteiger partial charge < -0.3 is 26.8 Å². The molecule has 324 valence electrons. The van der Waals surface area contributed by atoms with E-state index in [9.17, 15) is 9.59 Å². The quantitative estimate of drug-likeness (QED) is 0.0304. The number of guanidine groups is 1. The molecule has 0 saturated carbocycles. The normalized spacial score (nSPS) is 14.2. The van der Waals surface area contributed by atoms with Gasteiger partial charge in [-0.05, 0) is 105 Å². The number of ether oxygens (including phenoxy) is 1. The van der Waals surface area contributed by atoms with Crippen molar-refractivity contribution in [2.45, 2.75) is 95.3 Å². The predicted octanol–water partition coefficient (Wildman–Crippen LogP) is 6.90. The maximum absolute atomic E-state index is 15.4. The number of sulfonamides is 1. The van der Waals surface area contributed by atoms with E-state index in [1.54, 1.807) is 62.4 Å². The van der Waals surface area contributed by atoms with Crippen LogP contribution in [0.5, 0.6) is 5.75 Å². The first-order chi connectivity index (χ1) is 29.5. The standard InChI is InChI=1S/C49H56N6O6S/c1-31-32(2)45(33(3)39-27-28-49(4,5)61-44(31)39)62(59,60)55(30-34-23-25-37(26-24-34)42(50)43(56)38-20-13-8-14-21-38)47(58)40(22-15-29-53-48(51)52)54-46(57)41(35-16-9-6-10-17-35)36-18-11-7-12-19-36/h6-14,16-21,23-26,40-42H,15,22,27-30,50H2,1-5H3,(H,54,57)(H4,51,52,53)/t40-,42?/m1/s1. The third-order valence-electron chi connectivity index (χ3n) is 11.6. The average Bonchev–Trinajstić information content (AvgIpc) is 3.26. The van der Waals surface area contributed by atoms with Gasteiger partial charge in [-0.1, -0.05) is 115 Å². The Kier molecular flexibility index (Phi) is 14.0. The maximum Gasteiger partial charge on any atom is 0.267 e. The van der Waals surface area contributed by atoms with Crippen molar-refractivity contribution in [3.63, 3.8) is 0 Å². The van der Waals surface area contributed by atoms with Gasteiger partial charge in [0.15, 0.2) is 11.7 Å². The number of fused-ring (bicyclic) bond motifs is 1. The van der Waals surface area contributed by atoms with Crippen LogP contribution in [0.3, 0.4) is 0 Å². The van der Waals surface area contributed by atoms with Crippen molar-refractivity contribution in [1.82, 2.24) is 14.9 Å². The Labute approximate surface area is 364 Å². The molecule has 0 spiro atoms. The molecule has 62 heavy (non-hydrogen) atoms. The molecule has 1 heterocycles. The monoisotopic (exact) mass is 856 g/mol. The molecule has 13 heteroatoms. The second-order valence-corrected chi connectivity index (χ2v) is 18.3. The Morgan fingerprint density at radius 1 is 0.806 bits per heavy atom. The molecule has 6 rings (SSSR count). The first-order valence-corrected chi connectivity index (χ1v) is 22.2. The molecule has 7 N–H and O–H groups in total. The largest absolute Gasteiger partial charge is 0.487 e. The lowest BCUT2D eigenvalue weighted by atomic mass is 9.88. The number of carbonyl (C=O) groups is 3. The van der Waals surface area contributed by atoms with Gasteiger partial charge in [0.1, 0.15) is 17.4 Å². The molecule has 1 unspecified atom stereocenters. The number of nitrogens with zero attached hydrogens (tertiary/aromatic N) is 1. The van der Waals surface area contributed by atoms with Crippen molar-refractivity contribution in [1.29, 1.82) is 5.41 Å². The van der Waals surface area contributed by atoms with Crippen LogP contribution in [0.15, 0.2) is 120 Å². The van der Waals surface area contributed by atoms with E-state index in [1.165, 1.54) is 0 Å². The molecular weight excluding hydrogens is 801 g/mol. The van der Waals surface area contributed by atoms with Crippen LogP contribution in [0.25, 0.3) is 0 Å². The highest BCUT2D eigenvalue weighted by Gasteiger charge is 2.40. The smallest absolute Gasteiger partial charge is 0.267 e. The van der Waals surface area contributed by atoms with Crippen LogP contribution in [0.1, 0.15) is 99.9 Å². The van der Waals surface area contributed by atoms with Gasteiger partial charge in [-0.3, -0.25) is 19.8 Å². The number of benzene rings is 5. The minimum absolute atomic E-state index is 0.00674. The number of hydrogen-bond acceptors (Lipinski definition) is 8. The molecule has 1 aliphatic rings. The summed E-state index contributed by atoms with van der Waals surface area (Å²) in [6.45, 7) is 9.12. The Morgan fingerprint density at radius 2 is 1.37 bits per heavy atom. The molecule has 5 aromatic carbocycles. The van der Waals surface area contributed by atoms with E-state index >= 15 is 13.2 Å². The average molecular weight is 857 g/mol. The summed E-state index contributed by atoms with van der Waals surface area (Å²) in [6, 6.07) is 31.4. The zero-order valence-corrected chi connectivity index (χ0v) is 36.7. The second kappa shape index (κ2) is 19.2. The predicted molar refractivity (Wildman–Crippen MR) is 241 cm³/mol. The molecule has 0 fully saturated rings. The summed E-state index contributed by atoms with van der Waals surface area (Å²) in [5, 5.41) is 13.4. The van der Waals surface area contributed by atoms with Gasteiger partial charge in [0.25, 0.3) is 15.9 Å². The molecule has 12 nitrogen and oxygen atoms in total. The molecule has 0 saturated heterocycles. The van der Waals surface area contributed by atoms with Crippen LogP contribution >= 0.6 is 0 Å². The molecule has 0 aliphatic carbocycles. The number of nitrogens with two attached hydrogens (primary N) is 2. The van der Waals surface area contributed by atoms with E-state index in [0.29, 0.717) is 63.1 Å². The highest BCUT2D eigenvalue weighted by atomic mass is 32.2. The van der Waals surface area contributed by atoms with E-state index in [4.69, 9.17) is 21.6 Å². The lowest BCUT2D eigenvalue weighted by molar-refractivity contribution is -0.133. The van der Waals surface area contributed by atoms with Crippen molar-refractivity contribution in [2.75, 3.05) is 6.54 Å². The van der Waals surface area contributed by atoms with Crippen molar-refractivity contribution in [3.05, 3.63) is 165 Å². The van der Waals surface area contributed by atoms with Gasteiger partial charge in [0.2, 0.25) is 5.91 Å². The van der Waals surface area contributed by atoms with E-state index in [2.05, 4.69) is 10.6 Å². The fourth-order valence-electron chi connectivity index (χ4n) is 8.06. The van der Waals surface area contributed by atoms with Gasteiger partial charge in [-0.25, -0.2) is 12.7 Å². The lowest BCUT2D eigenvalue weighted by Crippen LogP contribution is -2.51. The van der Waals surface area contributed by atoms with Crippen LogP contribution in [-0.4, -0.2) is 54.5 Å². The Bertz CT molecular complexity index is 2490. The topological polar surface area (TPSA) is 198 Å². The van der Waals surface area contributed by atoms with E-state index < -0.39 is 45.4 Å². The summed E-state index contributed by atoms with van der Waals surface area (Å²) in [5.41, 5.74) is 16.7. The van der Waals surface area contributed by atoms with E-state index in [0.717, 1.165) is 9.87 Å². The number of amides is 2. The van der Waals surface area contributed by atoms with Crippen LogP contribution in [0.4, 0.5) is 0 Å². The molecule has 0 bridgehead atoms. The van der Waals surface area contributed by atoms with E-state index in [1.807, 2.05) is 87.5 Å². The van der Waals surface area contributed by atoms with Crippen LogP contribution in [0.2, 0.25) is 0 Å². The van der Waals surface area contributed by atoms with Crippen molar-refractivity contribution >= 4 is 33.6 Å². The van der Waals surface area contributed by atoms with Gasteiger partial charge in [0, 0.05) is 12.1 Å². The lowest BCUT2D eigenvalue weighted by Gasteiger charge is -2.36. The summed E-state index contributed by atoms with van der Waals surface area (Å²) in [5.74, 6) is -2.03. The van der Waals surface area contributed by atoms with Gasteiger partial charge in [-0.2, -0.15) is 0 Å². The Balaban J connectivity index is 1.43. The van der Waals surface area contributed by atoms with Crippen LogP contribution in [-0.2, 0) is 32.6 Å². The van der Waals surface area contributed by atoms with Crippen molar-refractivity contribution < 1.29 is 27.5 Å². The third kappa shape index (κ3) is 10.1. The number of hydrogen-bond donors (Lipinski definition) is 5. The third-order valence-corrected chi connectivity index (χ3v) is 13.6. The summed E-state index contributed by atoms with van der Waals surface area (Å²) < 4.78 is 38.1. The van der Waals surface area contributed by atoms with Gasteiger partial charge in [0.05, 0.1) is 23.4 Å². The minimum atomic E-state index is -4.64. The minimum Gasteiger partial charge on any atom is -0.487 e. The molecule has 2 amide bonds. The molecule has 1 aliphatic heterocycles. The first-order valence-electron chi connectivity index (χ1n) is 20.8. The van der Waals surface area contributed by atoms with Crippen LogP contribution in [0, 0.1) is 26.2 Å². The van der Waals surface area contributed by atoms with E-state index in [-0.39, 0.29) is 42.6 Å². The van der Waals surface area contributed by atoms with Crippen molar-refractivity contribution in [2.24, 2.45) is 11.5 Å². The summed E-state index contributed by atoms with van der Waals surface area (Å²) >= 11 is 0. The summed E-state index contributed by atoms with van der Waals surface area (Å²) in [6.07, 6.45) is 1.53.